The molecule has 0 aliphatic rings. The number of hydrogen-bond donors (Lipinski definition) is 2. The highest BCUT2D eigenvalue weighted by atomic mass is 32.2. The van der Waals surface area contributed by atoms with Gasteiger partial charge in [0.2, 0.25) is 10.0 Å². The van der Waals surface area contributed by atoms with Crippen LogP contribution in [0.3, 0.4) is 0 Å². The third kappa shape index (κ3) is 2.97. The van der Waals surface area contributed by atoms with Gasteiger partial charge in [-0.15, -0.1) is 0 Å². The molecule has 0 aliphatic heterocycles. The second-order valence-corrected chi connectivity index (χ2v) is 5.35. The van der Waals surface area contributed by atoms with E-state index in [1.165, 1.54) is 26.8 Å². The van der Waals surface area contributed by atoms with E-state index in [0.29, 0.717) is 0 Å². The summed E-state index contributed by atoms with van der Waals surface area (Å²) in [5, 5.41) is 15.8. The predicted octanol–water partition coefficient (Wildman–Crippen LogP) is -0.319. The van der Waals surface area contributed by atoms with Crippen molar-refractivity contribution in [2.45, 2.75) is 31.6 Å². The van der Waals surface area contributed by atoms with E-state index in [0.717, 1.165) is 0 Å². The lowest BCUT2D eigenvalue weighted by molar-refractivity contribution is -0.142. The molecule has 0 aromatic carbocycles. The molecule has 80 valence electrons. The van der Waals surface area contributed by atoms with Crippen molar-refractivity contribution >= 4 is 16.0 Å². The van der Waals surface area contributed by atoms with Crippen LogP contribution in [0, 0.1) is 11.3 Å². The summed E-state index contributed by atoms with van der Waals surface area (Å²) in [6.45, 7) is 3.59. The van der Waals surface area contributed by atoms with Crippen LogP contribution in [0.2, 0.25) is 0 Å². The Balaban J connectivity index is 4.88. The van der Waals surface area contributed by atoms with Crippen LogP contribution in [-0.2, 0) is 14.8 Å². The molecule has 0 heterocycles. The summed E-state index contributed by atoms with van der Waals surface area (Å²) in [5.41, 5.74) is -1.61. The van der Waals surface area contributed by atoms with E-state index in [-0.39, 0.29) is 0 Å². The number of aliphatic carboxylic acids is 1. The number of carboxylic acids is 1. The molecular formula is C7H12N2O4S. The van der Waals surface area contributed by atoms with E-state index >= 15 is 0 Å². The van der Waals surface area contributed by atoms with E-state index in [2.05, 4.69) is 0 Å². The fourth-order valence-corrected chi connectivity index (χ4v) is 1.67. The van der Waals surface area contributed by atoms with E-state index in [4.69, 9.17) is 10.4 Å². The van der Waals surface area contributed by atoms with Gasteiger partial charge in [0.25, 0.3) is 0 Å². The Hall–Kier alpha value is -1.13. The Labute approximate surface area is 82.6 Å². The fourth-order valence-electron chi connectivity index (χ4n) is 0.557. The summed E-state index contributed by atoms with van der Waals surface area (Å²) in [6, 6.07) is 1.52. The van der Waals surface area contributed by atoms with E-state index < -0.39 is 26.8 Å². The van der Waals surface area contributed by atoms with Gasteiger partial charge in [-0.3, -0.25) is 4.79 Å². The first-order chi connectivity index (χ1) is 6.13. The van der Waals surface area contributed by atoms with Crippen LogP contribution in [0.25, 0.3) is 0 Å². The van der Waals surface area contributed by atoms with Crippen molar-refractivity contribution in [3.05, 3.63) is 0 Å². The monoisotopic (exact) mass is 220 g/mol. The zero-order valence-corrected chi connectivity index (χ0v) is 8.92. The molecule has 0 aliphatic carbocycles. The lowest BCUT2D eigenvalue weighted by atomic mass is 10.1. The van der Waals surface area contributed by atoms with Crippen molar-refractivity contribution in [1.82, 2.24) is 4.72 Å². The number of hydrogen-bond acceptors (Lipinski definition) is 4. The van der Waals surface area contributed by atoms with Crippen LogP contribution >= 0.6 is 0 Å². The molecule has 0 amide bonds. The van der Waals surface area contributed by atoms with Gasteiger partial charge >= 0.3 is 5.97 Å². The van der Waals surface area contributed by atoms with Gasteiger partial charge in [0.15, 0.2) is 5.25 Å². The molecule has 0 saturated carbocycles. The number of sulfonamides is 1. The van der Waals surface area contributed by atoms with E-state index in [9.17, 15) is 13.2 Å². The molecule has 2 N–H and O–H groups in total. The van der Waals surface area contributed by atoms with Crippen LogP contribution in [0.1, 0.15) is 20.8 Å². The van der Waals surface area contributed by atoms with Crippen molar-refractivity contribution in [3.8, 4) is 6.07 Å². The SMILES string of the molecule is CC(C#N)S(=O)(=O)NC(C)(C)C(=O)O. The summed E-state index contributed by atoms with van der Waals surface area (Å²) in [4.78, 5) is 10.6. The van der Waals surface area contributed by atoms with Crippen molar-refractivity contribution in [2.75, 3.05) is 0 Å². The van der Waals surface area contributed by atoms with Gasteiger partial charge in [0.1, 0.15) is 5.54 Å². The quantitative estimate of drug-likeness (QED) is 0.675. The summed E-state index contributed by atoms with van der Waals surface area (Å²) >= 11 is 0. The van der Waals surface area contributed by atoms with Gasteiger partial charge < -0.3 is 5.11 Å². The normalized spacial score (nSPS) is 14.4. The summed E-state index contributed by atoms with van der Waals surface area (Å²) in [5.74, 6) is -1.30. The minimum absolute atomic E-state index is 1.18. The number of carbonyl (C=O) groups is 1. The lowest BCUT2D eigenvalue weighted by Crippen LogP contribution is -2.51. The second-order valence-electron chi connectivity index (χ2n) is 3.35. The van der Waals surface area contributed by atoms with Gasteiger partial charge in [-0.1, -0.05) is 0 Å². The Morgan fingerprint density at radius 3 is 2.29 bits per heavy atom. The number of nitriles is 1. The van der Waals surface area contributed by atoms with Crippen LogP contribution in [0.15, 0.2) is 0 Å². The van der Waals surface area contributed by atoms with Crippen molar-refractivity contribution < 1.29 is 18.3 Å². The molecule has 0 saturated heterocycles. The lowest BCUT2D eigenvalue weighted by Gasteiger charge is -2.21. The van der Waals surface area contributed by atoms with Crippen molar-refractivity contribution in [2.24, 2.45) is 0 Å². The molecule has 14 heavy (non-hydrogen) atoms. The van der Waals surface area contributed by atoms with Gasteiger partial charge in [0.05, 0.1) is 6.07 Å². The third-order valence-corrected chi connectivity index (χ3v) is 3.41. The Bertz CT molecular complexity index is 366. The number of rotatable bonds is 4. The number of carboxylic acid groups (broad SMARTS) is 1. The fraction of sp³-hybridized carbons (Fsp3) is 0.714. The second kappa shape index (κ2) is 3.94. The van der Waals surface area contributed by atoms with Crippen molar-refractivity contribution in [3.63, 3.8) is 0 Å². The highest BCUT2D eigenvalue weighted by Gasteiger charge is 2.34. The Kier molecular flexibility index (Phi) is 3.62. The third-order valence-electron chi connectivity index (χ3n) is 1.58. The standard InChI is InChI=1S/C7H12N2O4S/c1-5(4-8)14(12,13)9-7(2,3)6(10)11/h5,9H,1-3H3,(H,10,11). The molecule has 0 aromatic heterocycles. The maximum absolute atomic E-state index is 11.3. The highest BCUT2D eigenvalue weighted by molar-refractivity contribution is 7.90. The topological polar surface area (TPSA) is 107 Å². The van der Waals surface area contributed by atoms with Gasteiger partial charge in [-0.2, -0.15) is 9.98 Å². The first-order valence-corrected chi connectivity index (χ1v) is 5.34. The van der Waals surface area contributed by atoms with Crippen molar-refractivity contribution in [1.29, 1.82) is 5.26 Å². The van der Waals surface area contributed by atoms with E-state index in [1.54, 1.807) is 0 Å². The van der Waals surface area contributed by atoms with Crippen LogP contribution in [0.5, 0.6) is 0 Å². The summed E-state index contributed by atoms with van der Waals surface area (Å²) < 4.78 is 24.5. The molecule has 6 nitrogen and oxygen atoms in total. The molecule has 0 rings (SSSR count). The molecule has 0 bridgehead atoms. The molecule has 1 unspecified atom stereocenters. The maximum atomic E-state index is 11.3. The predicted molar refractivity (Wildman–Crippen MR) is 48.8 cm³/mol. The van der Waals surface area contributed by atoms with Crippen LogP contribution in [-0.4, -0.2) is 30.3 Å². The Morgan fingerprint density at radius 1 is 1.57 bits per heavy atom. The summed E-state index contributed by atoms with van der Waals surface area (Å²) in [6.07, 6.45) is 0. The smallest absolute Gasteiger partial charge is 0.324 e. The number of nitrogens with zero attached hydrogens (tertiary/aromatic N) is 1. The van der Waals surface area contributed by atoms with Crippen LogP contribution < -0.4 is 4.72 Å². The molecule has 0 fully saturated rings. The molecule has 0 radical (unpaired) electrons. The molecule has 0 aromatic rings. The first-order valence-electron chi connectivity index (χ1n) is 3.79. The van der Waals surface area contributed by atoms with Gasteiger partial charge in [-0.05, 0) is 20.8 Å². The first kappa shape index (κ1) is 12.9. The highest BCUT2D eigenvalue weighted by Crippen LogP contribution is 2.07. The number of nitrogens with one attached hydrogen (secondary N) is 1. The average molecular weight is 220 g/mol. The molecule has 1 atom stereocenters. The van der Waals surface area contributed by atoms with Crippen LogP contribution in [0.4, 0.5) is 0 Å². The minimum atomic E-state index is -3.90. The minimum Gasteiger partial charge on any atom is -0.480 e. The van der Waals surface area contributed by atoms with Gasteiger partial charge in [0, 0.05) is 0 Å². The summed E-state index contributed by atoms with van der Waals surface area (Å²) in [7, 11) is -3.90. The van der Waals surface area contributed by atoms with Gasteiger partial charge in [-0.25, -0.2) is 8.42 Å². The average Bonchev–Trinajstić information content (AvgIpc) is 2.00. The Morgan fingerprint density at radius 2 is 2.00 bits per heavy atom. The van der Waals surface area contributed by atoms with E-state index in [1.807, 2.05) is 4.72 Å². The largest absolute Gasteiger partial charge is 0.480 e. The maximum Gasteiger partial charge on any atom is 0.324 e. The zero-order chi connectivity index (χ0) is 11.6. The zero-order valence-electron chi connectivity index (χ0n) is 8.10. The molecular weight excluding hydrogens is 208 g/mol. The molecule has 7 heteroatoms. The molecule has 0 spiro atoms.